The quantitative estimate of drug-likeness (QED) is 0.538. The number of nitrogens with zero attached hydrogens (tertiary/aromatic N) is 1. The number of benzene rings is 2. The minimum atomic E-state index is -0.192. The number of thiazole rings is 1. The second kappa shape index (κ2) is 8.23. The third-order valence-corrected chi connectivity index (χ3v) is 4.92. The van der Waals surface area contributed by atoms with Crippen molar-refractivity contribution < 1.29 is 4.79 Å². The van der Waals surface area contributed by atoms with Crippen LogP contribution < -0.4 is 5.32 Å². The molecule has 25 heavy (non-hydrogen) atoms. The number of nitrogens with one attached hydrogen (secondary N) is 1. The van der Waals surface area contributed by atoms with Gasteiger partial charge in [-0.1, -0.05) is 59.3 Å². The first-order valence-corrected chi connectivity index (χ1v) is 9.61. The van der Waals surface area contributed by atoms with E-state index < -0.39 is 0 Å². The molecule has 0 fully saturated rings. The van der Waals surface area contributed by atoms with Crippen molar-refractivity contribution in [3.05, 3.63) is 75.6 Å². The third-order valence-electron chi connectivity index (χ3n) is 3.67. The van der Waals surface area contributed by atoms with Crippen LogP contribution in [0.1, 0.15) is 18.1 Å². The SMILES string of the molecule is CCc1ccc(-c2csc(NC(=O)/C=C/c3cccc(Br)c3)n2)cc1. The molecule has 3 rings (SSSR count). The van der Waals surface area contributed by atoms with E-state index >= 15 is 0 Å². The maximum absolute atomic E-state index is 12.1. The van der Waals surface area contributed by atoms with Gasteiger partial charge in [-0.2, -0.15) is 0 Å². The molecule has 126 valence electrons. The molecule has 2 aromatic carbocycles. The molecule has 1 amide bonds. The van der Waals surface area contributed by atoms with Crippen LogP contribution in [0, 0.1) is 0 Å². The minimum absolute atomic E-state index is 0.192. The minimum Gasteiger partial charge on any atom is -0.298 e. The van der Waals surface area contributed by atoms with E-state index in [0.29, 0.717) is 5.13 Å². The number of aromatic nitrogens is 1. The summed E-state index contributed by atoms with van der Waals surface area (Å²) in [5.74, 6) is -0.192. The molecule has 0 aliphatic rings. The number of amides is 1. The fourth-order valence-corrected chi connectivity index (χ4v) is 3.44. The summed E-state index contributed by atoms with van der Waals surface area (Å²) in [6, 6.07) is 16.1. The summed E-state index contributed by atoms with van der Waals surface area (Å²) in [4.78, 5) is 16.5. The van der Waals surface area contributed by atoms with E-state index in [2.05, 4.69) is 57.4 Å². The van der Waals surface area contributed by atoms with Gasteiger partial charge in [0.15, 0.2) is 5.13 Å². The largest absolute Gasteiger partial charge is 0.298 e. The smallest absolute Gasteiger partial charge is 0.250 e. The van der Waals surface area contributed by atoms with E-state index in [4.69, 9.17) is 0 Å². The number of rotatable bonds is 5. The molecular weight excluding hydrogens is 396 g/mol. The van der Waals surface area contributed by atoms with Gasteiger partial charge in [0.1, 0.15) is 0 Å². The maximum atomic E-state index is 12.1. The van der Waals surface area contributed by atoms with Crippen molar-refractivity contribution in [1.29, 1.82) is 0 Å². The Morgan fingerprint density at radius 1 is 1.24 bits per heavy atom. The van der Waals surface area contributed by atoms with Gasteiger partial charge in [0.2, 0.25) is 5.91 Å². The predicted octanol–water partition coefficient (Wildman–Crippen LogP) is 5.79. The first kappa shape index (κ1) is 17.6. The summed E-state index contributed by atoms with van der Waals surface area (Å²) < 4.78 is 0.980. The van der Waals surface area contributed by atoms with E-state index in [1.807, 2.05) is 29.6 Å². The number of halogens is 1. The Hall–Kier alpha value is -2.24. The molecule has 0 atom stereocenters. The Bertz CT molecular complexity index is 900. The number of carbonyl (C=O) groups is 1. The van der Waals surface area contributed by atoms with Crippen LogP contribution in [0.4, 0.5) is 5.13 Å². The lowest BCUT2D eigenvalue weighted by atomic mass is 10.1. The molecule has 3 aromatic rings. The van der Waals surface area contributed by atoms with Crippen molar-refractivity contribution in [3.8, 4) is 11.3 Å². The molecule has 0 unspecified atom stereocenters. The number of anilines is 1. The van der Waals surface area contributed by atoms with E-state index in [-0.39, 0.29) is 5.91 Å². The van der Waals surface area contributed by atoms with Crippen LogP contribution in [0.15, 0.2) is 64.5 Å². The zero-order valence-electron chi connectivity index (χ0n) is 13.7. The second-order valence-corrected chi connectivity index (χ2v) is 7.24. The molecule has 0 saturated carbocycles. The molecular formula is C20H17BrN2OS. The van der Waals surface area contributed by atoms with Gasteiger partial charge in [0, 0.05) is 21.5 Å². The number of hydrogen-bond acceptors (Lipinski definition) is 3. The fraction of sp³-hybridized carbons (Fsp3) is 0.100. The van der Waals surface area contributed by atoms with Gasteiger partial charge in [-0.15, -0.1) is 11.3 Å². The lowest BCUT2D eigenvalue weighted by Crippen LogP contribution is -2.07. The average molecular weight is 413 g/mol. The first-order chi connectivity index (χ1) is 12.1. The van der Waals surface area contributed by atoms with Crippen LogP contribution in [0.25, 0.3) is 17.3 Å². The summed E-state index contributed by atoms with van der Waals surface area (Å²) in [7, 11) is 0. The standard InChI is InChI=1S/C20H17BrN2OS/c1-2-14-6-9-16(10-7-14)18-13-25-20(22-18)23-19(24)11-8-15-4-3-5-17(21)12-15/h3-13H,2H2,1H3,(H,22,23,24)/b11-8+. The lowest BCUT2D eigenvalue weighted by molar-refractivity contribution is -0.111. The highest BCUT2D eigenvalue weighted by atomic mass is 79.9. The molecule has 0 aliphatic heterocycles. The topological polar surface area (TPSA) is 42.0 Å². The number of carbonyl (C=O) groups excluding carboxylic acids is 1. The Morgan fingerprint density at radius 3 is 2.76 bits per heavy atom. The molecule has 0 spiro atoms. The molecule has 0 saturated heterocycles. The van der Waals surface area contributed by atoms with Gasteiger partial charge < -0.3 is 0 Å². The van der Waals surface area contributed by atoms with Crippen molar-refractivity contribution in [1.82, 2.24) is 4.98 Å². The maximum Gasteiger partial charge on any atom is 0.250 e. The third kappa shape index (κ3) is 4.87. The first-order valence-electron chi connectivity index (χ1n) is 7.93. The van der Waals surface area contributed by atoms with Crippen LogP contribution in [0.2, 0.25) is 0 Å². The van der Waals surface area contributed by atoms with Gasteiger partial charge in [0.05, 0.1) is 5.69 Å². The van der Waals surface area contributed by atoms with E-state index in [1.165, 1.54) is 23.0 Å². The predicted molar refractivity (Wildman–Crippen MR) is 109 cm³/mol. The van der Waals surface area contributed by atoms with Gasteiger partial charge in [-0.05, 0) is 35.8 Å². The summed E-state index contributed by atoms with van der Waals surface area (Å²) in [5, 5.41) is 5.36. The highest BCUT2D eigenvalue weighted by molar-refractivity contribution is 9.10. The van der Waals surface area contributed by atoms with Crippen molar-refractivity contribution in [2.45, 2.75) is 13.3 Å². The molecule has 1 heterocycles. The summed E-state index contributed by atoms with van der Waals surface area (Å²) in [6.45, 7) is 2.13. The molecule has 0 radical (unpaired) electrons. The average Bonchev–Trinajstić information content (AvgIpc) is 3.08. The van der Waals surface area contributed by atoms with Crippen LogP contribution in [0.3, 0.4) is 0 Å². The van der Waals surface area contributed by atoms with Crippen LogP contribution in [-0.2, 0) is 11.2 Å². The summed E-state index contributed by atoms with van der Waals surface area (Å²) in [5.41, 5.74) is 4.18. The van der Waals surface area contributed by atoms with Gasteiger partial charge in [0.25, 0.3) is 0 Å². The molecule has 0 bridgehead atoms. The van der Waals surface area contributed by atoms with Crippen molar-refractivity contribution in [2.75, 3.05) is 5.32 Å². The van der Waals surface area contributed by atoms with Crippen LogP contribution in [0.5, 0.6) is 0 Å². The van der Waals surface area contributed by atoms with E-state index in [0.717, 1.165) is 27.7 Å². The zero-order valence-corrected chi connectivity index (χ0v) is 16.1. The molecule has 3 nitrogen and oxygen atoms in total. The monoisotopic (exact) mass is 412 g/mol. The highest BCUT2D eigenvalue weighted by Crippen LogP contribution is 2.25. The number of hydrogen-bond donors (Lipinski definition) is 1. The summed E-state index contributed by atoms with van der Waals surface area (Å²) >= 11 is 4.84. The normalized spacial score (nSPS) is 11.0. The Kier molecular flexibility index (Phi) is 5.79. The second-order valence-electron chi connectivity index (χ2n) is 5.47. The molecule has 1 aromatic heterocycles. The Balaban J connectivity index is 1.65. The highest BCUT2D eigenvalue weighted by Gasteiger charge is 2.06. The van der Waals surface area contributed by atoms with Crippen molar-refractivity contribution in [2.24, 2.45) is 0 Å². The number of aryl methyl sites for hydroxylation is 1. The van der Waals surface area contributed by atoms with Gasteiger partial charge in [-0.25, -0.2) is 4.98 Å². The fourth-order valence-electron chi connectivity index (χ4n) is 2.30. The zero-order chi connectivity index (χ0) is 17.6. The summed E-state index contributed by atoms with van der Waals surface area (Å²) in [6.07, 6.45) is 4.31. The van der Waals surface area contributed by atoms with E-state index in [1.54, 1.807) is 6.08 Å². The molecule has 0 aliphatic carbocycles. The van der Waals surface area contributed by atoms with E-state index in [9.17, 15) is 4.79 Å². The molecule has 5 heteroatoms. The van der Waals surface area contributed by atoms with Crippen molar-refractivity contribution in [3.63, 3.8) is 0 Å². The van der Waals surface area contributed by atoms with Gasteiger partial charge in [-0.3, -0.25) is 10.1 Å². The van der Waals surface area contributed by atoms with Gasteiger partial charge >= 0.3 is 0 Å². The van der Waals surface area contributed by atoms with Crippen LogP contribution in [-0.4, -0.2) is 10.9 Å². The lowest BCUT2D eigenvalue weighted by Gasteiger charge is -1.99. The van der Waals surface area contributed by atoms with Crippen LogP contribution >= 0.6 is 27.3 Å². The Morgan fingerprint density at radius 2 is 2.04 bits per heavy atom. The Labute approximate surface area is 159 Å². The van der Waals surface area contributed by atoms with Crippen molar-refractivity contribution >= 4 is 44.4 Å². The molecule has 1 N–H and O–H groups in total.